The molecule has 0 amide bonds. The van der Waals surface area contributed by atoms with Crippen LogP contribution < -0.4 is 0 Å². The predicted molar refractivity (Wildman–Crippen MR) is 49.8 cm³/mol. The molecular formula is C10H15N. The van der Waals surface area contributed by atoms with Crippen LogP contribution >= 0.6 is 0 Å². The molecule has 1 aliphatic rings. The minimum Gasteiger partial charge on any atom is -0.266 e. The standard InChI is InChI=1S/C10H15N/c1-4-9-8(3)6-7-10(9)11-5-2/h4-5,8H,1,6-7H2,2-3H3. The smallest absolute Gasteiger partial charge is 0.0434 e. The van der Waals surface area contributed by atoms with Gasteiger partial charge in [-0.3, -0.25) is 4.99 Å². The number of hydrogen-bond donors (Lipinski definition) is 0. The van der Waals surface area contributed by atoms with Crippen molar-refractivity contribution in [1.29, 1.82) is 0 Å². The number of allylic oxidation sites excluding steroid dienone is 3. The van der Waals surface area contributed by atoms with Crippen molar-refractivity contribution in [3.8, 4) is 0 Å². The molecule has 0 radical (unpaired) electrons. The van der Waals surface area contributed by atoms with Gasteiger partial charge in [-0.05, 0) is 31.3 Å². The number of aliphatic imine (C=N–C) groups is 1. The summed E-state index contributed by atoms with van der Waals surface area (Å²) in [6, 6.07) is 0. The Kier molecular flexibility index (Phi) is 2.64. The highest BCUT2D eigenvalue weighted by Crippen LogP contribution is 2.32. The Morgan fingerprint density at radius 3 is 2.91 bits per heavy atom. The van der Waals surface area contributed by atoms with Crippen molar-refractivity contribution >= 4 is 6.21 Å². The molecule has 0 saturated heterocycles. The van der Waals surface area contributed by atoms with Crippen LogP contribution in [0.15, 0.2) is 28.9 Å². The van der Waals surface area contributed by atoms with Crippen LogP contribution in [0, 0.1) is 5.92 Å². The summed E-state index contributed by atoms with van der Waals surface area (Å²) in [7, 11) is 0. The molecule has 1 aliphatic carbocycles. The van der Waals surface area contributed by atoms with E-state index >= 15 is 0 Å². The van der Waals surface area contributed by atoms with Crippen molar-refractivity contribution in [3.63, 3.8) is 0 Å². The monoisotopic (exact) mass is 149 g/mol. The fourth-order valence-corrected chi connectivity index (χ4v) is 1.55. The first-order chi connectivity index (χ1) is 5.29. The Morgan fingerprint density at radius 1 is 1.64 bits per heavy atom. The van der Waals surface area contributed by atoms with Crippen LogP contribution in [-0.4, -0.2) is 6.21 Å². The molecule has 11 heavy (non-hydrogen) atoms. The van der Waals surface area contributed by atoms with Crippen molar-refractivity contribution < 1.29 is 0 Å². The largest absolute Gasteiger partial charge is 0.266 e. The minimum absolute atomic E-state index is 0.659. The van der Waals surface area contributed by atoms with Crippen LogP contribution in [0.25, 0.3) is 0 Å². The lowest BCUT2D eigenvalue weighted by molar-refractivity contribution is 0.679. The molecule has 0 fully saturated rings. The third-order valence-electron chi connectivity index (χ3n) is 2.18. The average molecular weight is 149 g/mol. The lowest BCUT2D eigenvalue weighted by atomic mass is 10.0. The lowest BCUT2D eigenvalue weighted by Gasteiger charge is -2.01. The van der Waals surface area contributed by atoms with Gasteiger partial charge < -0.3 is 0 Å². The molecule has 0 aromatic carbocycles. The maximum Gasteiger partial charge on any atom is 0.0434 e. The summed E-state index contributed by atoms with van der Waals surface area (Å²) in [6.45, 7) is 7.98. The molecule has 0 spiro atoms. The van der Waals surface area contributed by atoms with Gasteiger partial charge in [-0.1, -0.05) is 19.6 Å². The fourth-order valence-electron chi connectivity index (χ4n) is 1.55. The lowest BCUT2D eigenvalue weighted by Crippen LogP contribution is -1.88. The zero-order valence-electron chi connectivity index (χ0n) is 7.30. The molecule has 0 bridgehead atoms. The third kappa shape index (κ3) is 1.59. The number of rotatable bonds is 2. The molecule has 1 unspecified atom stereocenters. The van der Waals surface area contributed by atoms with Crippen molar-refractivity contribution in [3.05, 3.63) is 23.9 Å². The summed E-state index contributed by atoms with van der Waals surface area (Å²) >= 11 is 0. The van der Waals surface area contributed by atoms with E-state index in [1.807, 2.05) is 19.2 Å². The summed E-state index contributed by atoms with van der Waals surface area (Å²) in [5, 5.41) is 0. The summed E-state index contributed by atoms with van der Waals surface area (Å²) in [5.74, 6) is 0.659. The van der Waals surface area contributed by atoms with Gasteiger partial charge in [0, 0.05) is 11.9 Å². The maximum atomic E-state index is 4.31. The van der Waals surface area contributed by atoms with Crippen molar-refractivity contribution in [1.82, 2.24) is 0 Å². The normalized spacial score (nSPS) is 25.1. The Bertz CT molecular complexity index is 211. The van der Waals surface area contributed by atoms with Crippen LogP contribution in [0.4, 0.5) is 0 Å². The molecule has 60 valence electrons. The van der Waals surface area contributed by atoms with Gasteiger partial charge in [0.25, 0.3) is 0 Å². The first-order valence-corrected chi connectivity index (χ1v) is 4.13. The van der Waals surface area contributed by atoms with Crippen LogP contribution in [0.1, 0.15) is 26.7 Å². The zero-order valence-corrected chi connectivity index (χ0v) is 7.30. The van der Waals surface area contributed by atoms with E-state index in [2.05, 4.69) is 18.5 Å². The highest BCUT2D eigenvalue weighted by atomic mass is 14.7. The Labute approximate surface area is 68.5 Å². The van der Waals surface area contributed by atoms with E-state index in [0.29, 0.717) is 5.92 Å². The predicted octanol–water partition coefficient (Wildman–Crippen LogP) is 2.95. The molecule has 0 aliphatic heterocycles. The van der Waals surface area contributed by atoms with E-state index in [1.165, 1.54) is 17.7 Å². The summed E-state index contributed by atoms with van der Waals surface area (Å²) in [5.41, 5.74) is 2.57. The molecule has 0 aromatic rings. The van der Waals surface area contributed by atoms with Gasteiger partial charge in [-0.2, -0.15) is 0 Å². The second kappa shape index (κ2) is 3.51. The Morgan fingerprint density at radius 2 is 2.36 bits per heavy atom. The molecule has 1 nitrogen and oxygen atoms in total. The quantitative estimate of drug-likeness (QED) is 0.535. The SMILES string of the molecule is C=CC1=C(N=CC)CCC1C. The molecule has 1 atom stereocenters. The molecule has 0 heterocycles. The van der Waals surface area contributed by atoms with E-state index in [4.69, 9.17) is 0 Å². The van der Waals surface area contributed by atoms with E-state index in [9.17, 15) is 0 Å². The topological polar surface area (TPSA) is 12.4 Å². The highest BCUT2D eigenvalue weighted by molar-refractivity contribution is 5.56. The first kappa shape index (κ1) is 8.25. The van der Waals surface area contributed by atoms with E-state index in [1.54, 1.807) is 0 Å². The number of nitrogens with zero attached hydrogens (tertiary/aromatic N) is 1. The molecule has 1 rings (SSSR count). The van der Waals surface area contributed by atoms with Gasteiger partial charge in [0.05, 0.1) is 0 Å². The fraction of sp³-hybridized carbons (Fsp3) is 0.500. The van der Waals surface area contributed by atoms with Crippen molar-refractivity contribution in [2.45, 2.75) is 26.7 Å². The highest BCUT2D eigenvalue weighted by Gasteiger charge is 2.18. The minimum atomic E-state index is 0.659. The third-order valence-corrected chi connectivity index (χ3v) is 2.18. The average Bonchev–Trinajstić information content (AvgIpc) is 2.33. The summed E-state index contributed by atoms with van der Waals surface area (Å²) < 4.78 is 0. The molecule has 1 heteroatoms. The van der Waals surface area contributed by atoms with E-state index in [-0.39, 0.29) is 0 Å². The number of hydrogen-bond acceptors (Lipinski definition) is 1. The first-order valence-electron chi connectivity index (χ1n) is 4.13. The molecule has 0 saturated carbocycles. The molecular weight excluding hydrogens is 134 g/mol. The van der Waals surface area contributed by atoms with Crippen LogP contribution in [-0.2, 0) is 0 Å². The van der Waals surface area contributed by atoms with Crippen molar-refractivity contribution in [2.75, 3.05) is 0 Å². The van der Waals surface area contributed by atoms with Gasteiger partial charge in [0.1, 0.15) is 0 Å². The Balaban J connectivity index is 2.88. The second-order valence-electron chi connectivity index (χ2n) is 2.93. The van der Waals surface area contributed by atoms with Gasteiger partial charge in [-0.25, -0.2) is 0 Å². The molecule has 0 N–H and O–H groups in total. The van der Waals surface area contributed by atoms with Crippen molar-refractivity contribution in [2.24, 2.45) is 10.9 Å². The summed E-state index contributed by atoms with van der Waals surface area (Å²) in [4.78, 5) is 4.31. The Hall–Kier alpha value is -0.850. The second-order valence-corrected chi connectivity index (χ2v) is 2.93. The van der Waals surface area contributed by atoms with Gasteiger partial charge >= 0.3 is 0 Å². The van der Waals surface area contributed by atoms with E-state index < -0.39 is 0 Å². The maximum absolute atomic E-state index is 4.31. The van der Waals surface area contributed by atoms with Gasteiger partial charge in [0.2, 0.25) is 0 Å². The summed E-state index contributed by atoms with van der Waals surface area (Å²) in [6.07, 6.45) is 6.15. The zero-order chi connectivity index (χ0) is 8.27. The van der Waals surface area contributed by atoms with Gasteiger partial charge in [-0.15, -0.1) is 0 Å². The van der Waals surface area contributed by atoms with E-state index in [0.717, 1.165) is 6.42 Å². The van der Waals surface area contributed by atoms with Crippen LogP contribution in [0.2, 0.25) is 0 Å². The van der Waals surface area contributed by atoms with Gasteiger partial charge in [0.15, 0.2) is 0 Å². The van der Waals surface area contributed by atoms with Crippen LogP contribution in [0.5, 0.6) is 0 Å². The van der Waals surface area contributed by atoms with Crippen LogP contribution in [0.3, 0.4) is 0 Å². The molecule has 0 aromatic heterocycles.